The molecule has 94 valence electrons. The molecule has 2 N–H and O–H groups in total. The van der Waals surface area contributed by atoms with Crippen LogP contribution < -0.4 is 0 Å². The van der Waals surface area contributed by atoms with Gasteiger partial charge in [-0.3, -0.25) is 4.79 Å². The van der Waals surface area contributed by atoms with Crippen LogP contribution in [0.25, 0.3) is 0 Å². The number of carbonyl (C=O) groups is 1. The van der Waals surface area contributed by atoms with E-state index in [4.69, 9.17) is 5.11 Å². The number of rotatable bonds is 6. The van der Waals surface area contributed by atoms with Crippen molar-refractivity contribution < 1.29 is 18.3 Å². The highest BCUT2D eigenvalue weighted by Gasteiger charge is 2.33. The van der Waals surface area contributed by atoms with E-state index in [2.05, 4.69) is 4.98 Å². The first-order valence-electron chi connectivity index (χ1n) is 5.35. The molecule has 1 aromatic rings. The molecule has 1 aliphatic rings. The van der Waals surface area contributed by atoms with E-state index in [-0.39, 0.29) is 4.90 Å². The fourth-order valence-electron chi connectivity index (χ4n) is 1.61. The Morgan fingerprint density at radius 2 is 2.24 bits per heavy atom. The van der Waals surface area contributed by atoms with Crippen molar-refractivity contribution in [2.45, 2.75) is 17.7 Å². The molecule has 1 heterocycles. The van der Waals surface area contributed by atoms with E-state index in [0.717, 1.165) is 17.1 Å². The van der Waals surface area contributed by atoms with Gasteiger partial charge in [0.15, 0.2) is 0 Å². The Labute approximate surface area is 99.3 Å². The average Bonchev–Trinajstić information content (AvgIpc) is 2.88. The summed E-state index contributed by atoms with van der Waals surface area (Å²) >= 11 is 0. The van der Waals surface area contributed by atoms with Crippen LogP contribution in [0.2, 0.25) is 0 Å². The van der Waals surface area contributed by atoms with Gasteiger partial charge in [0.05, 0.1) is 4.90 Å². The average molecular weight is 258 g/mol. The minimum atomic E-state index is -3.69. The van der Waals surface area contributed by atoms with Crippen LogP contribution in [0.1, 0.15) is 12.8 Å². The minimum absolute atomic E-state index is 0.111. The maximum absolute atomic E-state index is 12.1. The Hall–Kier alpha value is -1.34. The van der Waals surface area contributed by atoms with Crippen molar-refractivity contribution in [3.8, 4) is 0 Å². The molecule has 1 saturated carbocycles. The summed E-state index contributed by atoms with van der Waals surface area (Å²) in [6.45, 7) is -0.191. The topological polar surface area (TPSA) is 90.5 Å². The first kappa shape index (κ1) is 12.1. The van der Waals surface area contributed by atoms with Gasteiger partial charge in [-0.05, 0) is 24.8 Å². The Kier molecular flexibility index (Phi) is 3.21. The molecule has 7 heteroatoms. The second kappa shape index (κ2) is 4.50. The molecule has 0 amide bonds. The molecular weight excluding hydrogens is 244 g/mol. The fraction of sp³-hybridized carbons (Fsp3) is 0.500. The van der Waals surface area contributed by atoms with Crippen LogP contribution in [0, 0.1) is 5.92 Å². The minimum Gasteiger partial charge on any atom is -0.480 e. The number of nitrogens with one attached hydrogen (secondary N) is 1. The van der Waals surface area contributed by atoms with Gasteiger partial charge in [0, 0.05) is 18.9 Å². The number of carboxylic acid groups (broad SMARTS) is 1. The standard InChI is InChI=1S/C10H14N2O4S/c13-10(14)7-12(6-8-1-2-8)17(15,16)9-3-4-11-5-9/h3-5,8,11H,1-2,6-7H2,(H,13,14). The molecule has 1 fully saturated rings. The molecule has 0 saturated heterocycles. The zero-order valence-electron chi connectivity index (χ0n) is 9.17. The first-order chi connectivity index (χ1) is 8.00. The van der Waals surface area contributed by atoms with Gasteiger partial charge in [-0.1, -0.05) is 0 Å². The molecule has 2 rings (SSSR count). The second-order valence-electron chi connectivity index (χ2n) is 4.18. The molecule has 1 aromatic heterocycles. The van der Waals surface area contributed by atoms with E-state index in [1.165, 1.54) is 18.5 Å². The molecule has 0 radical (unpaired) electrons. The summed E-state index contributed by atoms with van der Waals surface area (Å²) in [4.78, 5) is 13.5. The number of aliphatic carboxylic acids is 1. The monoisotopic (exact) mass is 258 g/mol. The number of hydrogen-bond donors (Lipinski definition) is 2. The van der Waals surface area contributed by atoms with Gasteiger partial charge in [-0.2, -0.15) is 4.31 Å². The van der Waals surface area contributed by atoms with E-state index in [1.807, 2.05) is 0 Å². The van der Waals surface area contributed by atoms with Crippen molar-refractivity contribution in [3.05, 3.63) is 18.5 Å². The lowest BCUT2D eigenvalue weighted by Crippen LogP contribution is -2.37. The fourth-order valence-corrected chi connectivity index (χ4v) is 3.05. The Balaban J connectivity index is 2.21. The highest BCUT2D eigenvalue weighted by molar-refractivity contribution is 7.89. The zero-order valence-corrected chi connectivity index (χ0v) is 9.98. The summed E-state index contributed by atoms with van der Waals surface area (Å²) < 4.78 is 25.3. The third kappa shape index (κ3) is 2.86. The number of sulfonamides is 1. The van der Waals surface area contributed by atoms with Crippen molar-refractivity contribution in [3.63, 3.8) is 0 Å². The van der Waals surface area contributed by atoms with Gasteiger partial charge >= 0.3 is 5.97 Å². The van der Waals surface area contributed by atoms with Crippen molar-refractivity contribution in [2.75, 3.05) is 13.1 Å². The van der Waals surface area contributed by atoms with E-state index < -0.39 is 22.5 Å². The van der Waals surface area contributed by atoms with Crippen LogP contribution in [0.15, 0.2) is 23.4 Å². The molecule has 0 aliphatic heterocycles. The third-order valence-corrected chi connectivity index (χ3v) is 4.49. The lowest BCUT2D eigenvalue weighted by molar-refractivity contribution is -0.137. The van der Waals surface area contributed by atoms with Gasteiger partial charge in [0.2, 0.25) is 10.0 Å². The van der Waals surface area contributed by atoms with Crippen LogP contribution >= 0.6 is 0 Å². The molecule has 0 atom stereocenters. The summed E-state index contributed by atoms with van der Waals surface area (Å²) in [6, 6.07) is 1.43. The van der Waals surface area contributed by atoms with E-state index >= 15 is 0 Å². The van der Waals surface area contributed by atoms with Crippen LogP contribution in [0.5, 0.6) is 0 Å². The Bertz CT molecular complexity index is 490. The van der Waals surface area contributed by atoms with Crippen molar-refractivity contribution in [1.29, 1.82) is 0 Å². The van der Waals surface area contributed by atoms with Gasteiger partial charge in [-0.25, -0.2) is 8.42 Å². The summed E-state index contributed by atoms with van der Waals surface area (Å²) in [7, 11) is -3.69. The lowest BCUT2D eigenvalue weighted by Gasteiger charge is -2.19. The van der Waals surface area contributed by atoms with Crippen LogP contribution in [0.4, 0.5) is 0 Å². The molecule has 0 spiro atoms. The number of H-pyrrole nitrogens is 1. The van der Waals surface area contributed by atoms with Gasteiger partial charge in [0.1, 0.15) is 6.54 Å². The Morgan fingerprint density at radius 3 is 2.71 bits per heavy atom. The van der Waals surface area contributed by atoms with Crippen LogP contribution in [-0.4, -0.2) is 41.9 Å². The second-order valence-corrected chi connectivity index (χ2v) is 6.12. The van der Waals surface area contributed by atoms with E-state index in [1.54, 1.807) is 0 Å². The summed E-state index contributed by atoms with van der Waals surface area (Å²) in [5, 5.41) is 8.76. The number of aromatic amines is 1. The summed E-state index contributed by atoms with van der Waals surface area (Å²) in [6.07, 6.45) is 4.80. The van der Waals surface area contributed by atoms with Gasteiger partial charge in [0.25, 0.3) is 0 Å². The zero-order chi connectivity index (χ0) is 12.5. The highest BCUT2D eigenvalue weighted by atomic mass is 32.2. The van der Waals surface area contributed by atoms with Crippen molar-refractivity contribution in [1.82, 2.24) is 9.29 Å². The highest BCUT2D eigenvalue weighted by Crippen LogP contribution is 2.31. The molecule has 17 heavy (non-hydrogen) atoms. The SMILES string of the molecule is O=C(O)CN(CC1CC1)S(=O)(=O)c1cc[nH]c1. The van der Waals surface area contributed by atoms with Gasteiger partial charge in [-0.15, -0.1) is 0 Å². The maximum atomic E-state index is 12.1. The van der Waals surface area contributed by atoms with Crippen LogP contribution in [0.3, 0.4) is 0 Å². The number of nitrogens with zero attached hydrogens (tertiary/aromatic N) is 1. The molecule has 0 bridgehead atoms. The normalized spacial score (nSPS) is 16.3. The van der Waals surface area contributed by atoms with Gasteiger partial charge < -0.3 is 10.1 Å². The predicted octanol–water partition coefficient (Wildman–Crippen LogP) is 0.500. The Morgan fingerprint density at radius 1 is 1.53 bits per heavy atom. The maximum Gasteiger partial charge on any atom is 0.318 e. The van der Waals surface area contributed by atoms with E-state index in [0.29, 0.717) is 12.5 Å². The van der Waals surface area contributed by atoms with Crippen LogP contribution in [-0.2, 0) is 14.8 Å². The molecular formula is C10H14N2O4S. The quantitative estimate of drug-likeness (QED) is 0.777. The van der Waals surface area contributed by atoms with E-state index in [9.17, 15) is 13.2 Å². The first-order valence-corrected chi connectivity index (χ1v) is 6.79. The number of aromatic nitrogens is 1. The molecule has 6 nitrogen and oxygen atoms in total. The number of hydrogen-bond acceptors (Lipinski definition) is 3. The van der Waals surface area contributed by atoms with Crippen molar-refractivity contribution in [2.24, 2.45) is 5.92 Å². The molecule has 1 aliphatic carbocycles. The summed E-state index contributed by atoms with van der Waals surface area (Å²) in [5.74, 6) is -0.826. The smallest absolute Gasteiger partial charge is 0.318 e. The molecule has 0 unspecified atom stereocenters. The predicted molar refractivity (Wildman–Crippen MR) is 59.9 cm³/mol. The van der Waals surface area contributed by atoms with Crippen molar-refractivity contribution >= 4 is 16.0 Å². The largest absolute Gasteiger partial charge is 0.480 e. The molecule has 0 aromatic carbocycles. The lowest BCUT2D eigenvalue weighted by atomic mass is 10.4. The number of carboxylic acids is 1. The third-order valence-electron chi connectivity index (χ3n) is 2.68. The summed E-state index contributed by atoms with van der Waals surface area (Å²) in [5.41, 5.74) is 0.